The Bertz CT molecular complexity index is 2670. The van der Waals surface area contributed by atoms with E-state index in [1.165, 1.54) is 103 Å². The lowest BCUT2D eigenvalue weighted by Crippen LogP contribution is -2.43. The van der Waals surface area contributed by atoms with E-state index in [9.17, 15) is 0 Å². The summed E-state index contributed by atoms with van der Waals surface area (Å²) in [5, 5.41) is 101. The molecule has 32 heteroatoms. The topological polar surface area (TPSA) is 350 Å². The number of aryl methyl sites for hydroxylation is 16. The van der Waals surface area contributed by atoms with Crippen LogP contribution in [-0.4, -0.2) is 65.0 Å². The first-order chi connectivity index (χ1) is 47.7. The number of hydrogen-bond donors (Lipinski definition) is 0. The van der Waals surface area contributed by atoms with Gasteiger partial charge in [-0.1, -0.05) is 107 Å². The zero-order valence-electron chi connectivity index (χ0n) is 63.3. The van der Waals surface area contributed by atoms with Crippen LogP contribution < -0.4 is 76.7 Å². The van der Waals surface area contributed by atoms with E-state index in [4.69, 9.17) is 61.2 Å². The predicted molar refractivity (Wildman–Crippen MR) is 370 cm³/mol. The highest BCUT2D eigenvalue weighted by atomic mass is 16.4. The van der Waals surface area contributed by atoms with E-state index in [0.717, 1.165) is 76.2 Å². The number of imidazole rings is 8. The highest BCUT2D eigenvalue weighted by Gasteiger charge is 2.03. The molecule has 0 saturated heterocycles. The van der Waals surface area contributed by atoms with Gasteiger partial charge in [-0.3, -0.25) is 0 Å². The Hall–Kier alpha value is -8.42. The zero-order valence-corrected chi connectivity index (χ0v) is 63.3. The lowest BCUT2D eigenvalue weighted by atomic mass is 9.97. The maximum atomic E-state index is 8.98. The first-order valence-electron chi connectivity index (χ1n) is 34.6. The van der Waals surface area contributed by atoms with E-state index in [1.807, 2.05) is 56.4 Å². The van der Waals surface area contributed by atoms with Gasteiger partial charge >= 0.3 is 0 Å². The summed E-state index contributed by atoms with van der Waals surface area (Å²) in [6.07, 6.45) is 70.5. The Balaban J connectivity index is -0.000000508. The third kappa shape index (κ3) is 65.5. The number of rotatable bonds is 24. The molecule has 0 saturated carbocycles. The molecule has 0 aromatic carbocycles. The number of hydrogen-bond acceptors (Lipinski definition) is 12. The Morgan fingerprint density at radius 3 is 0.370 bits per heavy atom. The van der Waals surface area contributed by atoms with E-state index in [1.54, 1.807) is 0 Å². The van der Waals surface area contributed by atoms with E-state index in [-0.39, 0.29) is 0 Å². The van der Waals surface area contributed by atoms with Crippen LogP contribution in [0.1, 0.15) is 158 Å². The molecule has 0 radical (unpaired) electrons. The minimum atomic E-state index is -2.31. The quantitative estimate of drug-likeness (QED) is 0.0466. The molecule has 8 rings (SSSR count). The average molecular weight is 1390 g/mol. The second-order valence-corrected chi connectivity index (χ2v) is 23.2. The third-order valence-corrected chi connectivity index (χ3v) is 13.2. The maximum absolute atomic E-state index is 8.98. The van der Waals surface area contributed by atoms with Gasteiger partial charge in [0.05, 0.1) is 109 Å². The van der Waals surface area contributed by atoms with Gasteiger partial charge < -0.3 is 40.2 Å². The fraction of sp³-hybridized carbons (Fsp3) is 0.588. The van der Waals surface area contributed by atoms with Gasteiger partial charge in [0.25, 0.3) is 0 Å². The van der Waals surface area contributed by atoms with Crippen LogP contribution in [0.5, 0.6) is 0 Å². The molecular formula is C68H120B4N20O8. The van der Waals surface area contributed by atoms with Crippen molar-refractivity contribution in [3.63, 3.8) is 0 Å². The number of nitrogens with zero attached hydrogens (tertiary/aromatic N) is 20. The van der Waals surface area contributed by atoms with E-state index in [2.05, 4.69) is 278 Å². The summed E-state index contributed by atoms with van der Waals surface area (Å²) < 4.78 is 34.2. The molecule has 0 atom stereocenters. The van der Waals surface area contributed by atoms with Gasteiger partial charge in [-0.05, 0) is 75.2 Å². The standard InChI is InChI=1S/8C8H15N2.4CBNO2/c8*1-3-4-5-10-7-6-9(2)8-10;4*3-1-2(4)5/h8*6-8H,3-5H2,1-2H3;;;;/q8*+1;4*-2. The fourth-order valence-electron chi connectivity index (χ4n) is 7.80. The summed E-state index contributed by atoms with van der Waals surface area (Å²) in [5.41, 5.74) is 0. The summed E-state index contributed by atoms with van der Waals surface area (Å²) in [6, 6.07) is 0. The van der Waals surface area contributed by atoms with Crippen molar-refractivity contribution in [1.29, 1.82) is 21.0 Å². The van der Waals surface area contributed by atoms with Crippen molar-refractivity contribution in [2.24, 2.45) is 56.4 Å². The predicted octanol–water partition coefficient (Wildman–Crippen LogP) is -2.07. The Morgan fingerprint density at radius 1 is 0.230 bits per heavy atom. The van der Waals surface area contributed by atoms with Crippen molar-refractivity contribution in [3.05, 3.63) is 150 Å². The van der Waals surface area contributed by atoms with Crippen LogP contribution in [0.15, 0.2) is 150 Å². The highest BCUT2D eigenvalue weighted by Crippen LogP contribution is 1.97. The van der Waals surface area contributed by atoms with Gasteiger partial charge in [-0.15, -0.1) is 0 Å². The second kappa shape index (κ2) is 67.7. The van der Waals surface area contributed by atoms with Crippen molar-refractivity contribution < 1.29 is 76.7 Å². The van der Waals surface area contributed by atoms with Crippen LogP contribution in [-0.2, 0) is 109 Å². The SMILES string of the molecule is CCCCn1cc[n+](C)c1.CCCCn1cc[n+](C)c1.CCCCn1cc[n+](C)c1.CCCCn1cc[n+](C)c1.CCCCn1cc[n+](C)c1.CCCCn1cc[n+](C)c1.CCCCn1cc[n+](C)c1.CCCCn1cc[n+](C)c1.N#CB([O-])[O-].N#CB([O-])[O-].N#CB([O-])[O-].N#CB([O-])[O-]. The van der Waals surface area contributed by atoms with Crippen LogP contribution in [0, 0.1) is 44.9 Å². The van der Waals surface area contributed by atoms with Gasteiger partial charge in [0, 0.05) is 28.5 Å². The molecule has 8 aromatic heterocycles. The number of aromatic nitrogens is 16. The summed E-state index contributed by atoms with van der Waals surface area (Å²) in [5.74, 6) is 3.67. The fourth-order valence-corrected chi connectivity index (χ4v) is 7.80. The summed E-state index contributed by atoms with van der Waals surface area (Å²) in [7, 11) is 7.11. The van der Waals surface area contributed by atoms with E-state index in [0.29, 0.717) is 0 Å². The van der Waals surface area contributed by atoms with Gasteiger partial charge in [0.15, 0.2) is 0 Å². The Kier molecular flexibility index (Phi) is 66.4. The first-order valence-corrected chi connectivity index (χ1v) is 34.6. The van der Waals surface area contributed by atoms with Gasteiger partial charge in [-0.2, -0.15) is 0 Å². The van der Waals surface area contributed by atoms with Crippen LogP contribution in [0.25, 0.3) is 0 Å². The summed E-state index contributed by atoms with van der Waals surface area (Å²) in [6.45, 7) is 26.9. The van der Waals surface area contributed by atoms with Crippen molar-refractivity contribution in [1.82, 2.24) is 36.5 Å². The monoisotopic (exact) mass is 1390 g/mol. The molecule has 8 aromatic rings. The van der Waals surface area contributed by atoms with Crippen molar-refractivity contribution in [2.75, 3.05) is 0 Å². The van der Waals surface area contributed by atoms with Crippen LogP contribution in [0.4, 0.5) is 0 Å². The Labute approximate surface area is 600 Å². The lowest BCUT2D eigenvalue weighted by Gasteiger charge is -2.12. The summed E-state index contributed by atoms with van der Waals surface area (Å²) in [4.78, 5) is 0. The first kappa shape index (κ1) is 98.0. The van der Waals surface area contributed by atoms with Gasteiger partial charge in [0.2, 0.25) is 50.6 Å². The molecule has 100 heavy (non-hydrogen) atoms. The molecule has 0 aliphatic heterocycles. The smallest absolute Gasteiger partial charge is 0.243 e. The molecule has 0 fully saturated rings. The molecule has 552 valence electrons. The van der Waals surface area contributed by atoms with Crippen molar-refractivity contribution >= 4 is 28.5 Å². The van der Waals surface area contributed by atoms with Crippen LogP contribution in [0.2, 0.25) is 0 Å². The normalized spacial score (nSPS) is 9.32. The van der Waals surface area contributed by atoms with Crippen molar-refractivity contribution in [2.45, 2.75) is 210 Å². The van der Waals surface area contributed by atoms with E-state index < -0.39 is 28.5 Å². The maximum Gasteiger partial charge on any atom is 0.243 e. The Morgan fingerprint density at radius 2 is 0.320 bits per heavy atom. The molecular weight excluding hydrogens is 1270 g/mol. The highest BCUT2D eigenvalue weighted by molar-refractivity contribution is 6.47. The lowest BCUT2D eigenvalue weighted by molar-refractivity contribution is -0.671. The minimum Gasteiger partial charge on any atom is -0.881 e. The average Bonchev–Trinajstić information content (AvgIpc) is 4.73. The largest absolute Gasteiger partial charge is 0.881 e. The van der Waals surface area contributed by atoms with Crippen LogP contribution >= 0.6 is 0 Å². The minimum absolute atomic E-state index is 0.917. The molecule has 0 spiro atoms. The molecule has 28 nitrogen and oxygen atoms in total. The van der Waals surface area contributed by atoms with Crippen molar-refractivity contribution in [3.8, 4) is 23.9 Å². The number of unbranched alkanes of at least 4 members (excludes halogenated alkanes) is 8. The second-order valence-electron chi connectivity index (χ2n) is 23.2. The third-order valence-electron chi connectivity index (χ3n) is 13.2. The van der Waals surface area contributed by atoms with Gasteiger partial charge in [0.1, 0.15) is 99.1 Å². The summed E-state index contributed by atoms with van der Waals surface area (Å²) >= 11 is 0. The number of nitriles is 4. The van der Waals surface area contributed by atoms with Crippen LogP contribution in [0.3, 0.4) is 0 Å². The van der Waals surface area contributed by atoms with Gasteiger partial charge in [-0.25, -0.2) is 94.1 Å². The zero-order chi connectivity index (χ0) is 76.3. The molecule has 8 heterocycles. The molecule has 0 unspecified atom stereocenters. The molecule has 0 amide bonds. The molecule has 0 bridgehead atoms. The molecule has 0 aliphatic rings. The molecule has 0 aliphatic carbocycles. The molecule has 0 N–H and O–H groups in total. The van der Waals surface area contributed by atoms with E-state index >= 15 is 0 Å².